The van der Waals surface area contributed by atoms with Crippen molar-refractivity contribution in [2.75, 3.05) is 32.7 Å². The van der Waals surface area contributed by atoms with Crippen molar-refractivity contribution in [1.82, 2.24) is 15.1 Å². The van der Waals surface area contributed by atoms with Gasteiger partial charge < -0.3 is 19.9 Å². The van der Waals surface area contributed by atoms with E-state index in [1.807, 2.05) is 20.8 Å². The van der Waals surface area contributed by atoms with E-state index in [0.29, 0.717) is 19.0 Å². The van der Waals surface area contributed by atoms with Crippen molar-refractivity contribution in [1.29, 1.82) is 0 Å². The summed E-state index contributed by atoms with van der Waals surface area (Å²) < 4.78 is 5.50. The summed E-state index contributed by atoms with van der Waals surface area (Å²) in [4.78, 5) is 21.1. The second-order valence-corrected chi connectivity index (χ2v) is 8.63. The summed E-state index contributed by atoms with van der Waals surface area (Å²) in [7, 11) is 0. The molecule has 1 aromatic carbocycles. The molecule has 1 aromatic rings. The number of carbonyl (C=O) groups is 1. The zero-order valence-corrected chi connectivity index (χ0v) is 19.9. The zero-order chi connectivity index (χ0) is 19.6. The molecule has 0 saturated carbocycles. The van der Waals surface area contributed by atoms with Crippen molar-refractivity contribution in [3.8, 4) is 0 Å². The van der Waals surface area contributed by atoms with Crippen LogP contribution in [0.4, 0.5) is 4.79 Å². The number of ether oxygens (including phenoxy) is 1. The zero-order valence-electron chi connectivity index (χ0n) is 17.6. The Morgan fingerprint density at radius 2 is 1.96 bits per heavy atom. The minimum absolute atomic E-state index is 0. The number of fused-ring (bicyclic) bond motifs is 1. The predicted octanol–water partition coefficient (Wildman–Crippen LogP) is 3.60. The average Bonchev–Trinajstić information content (AvgIpc) is 3.01. The van der Waals surface area contributed by atoms with Gasteiger partial charge in [-0.1, -0.05) is 36.8 Å². The van der Waals surface area contributed by atoms with Crippen molar-refractivity contribution in [3.63, 3.8) is 0 Å². The minimum Gasteiger partial charge on any atom is -0.444 e. The normalized spacial score (nSPS) is 20.0. The molecule has 28 heavy (non-hydrogen) atoms. The van der Waals surface area contributed by atoms with E-state index in [1.165, 1.54) is 11.1 Å². The first-order valence-corrected chi connectivity index (χ1v) is 9.82. The van der Waals surface area contributed by atoms with Gasteiger partial charge in [0.1, 0.15) is 5.60 Å². The lowest BCUT2D eigenvalue weighted by molar-refractivity contribution is 0.0137. The molecular weight excluding hydrogens is 467 g/mol. The van der Waals surface area contributed by atoms with Crippen LogP contribution in [-0.2, 0) is 4.74 Å². The molecule has 7 heteroatoms. The van der Waals surface area contributed by atoms with Gasteiger partial charge in [-0.15, -0.1) is 24.0 Å². The van der Waals surface area contributed by atoms with E-state index in [4.69, 9.17) is 4.74 Å². The lowest BCUT2D eigenvalue weighted by Crippen LogP contribution is -2.57. The number of carbonyl (C=O) groups excluding carboxylic acids is 1. The Balaban J connectivity index is 0.00000280. The molecule has 156 valence electrons. The Morgan fingerprint density at radius 1 is 1.29 bits per heavy atom. The molecule has 0 bridgehead atoms. The number of nitrogens with one attached hydrogen (secondary N) is 1. The fraction of sp³-hybridized carbons (Fsp3) is 0.619. The summed E-state index contributed by atoms with van der Waals surface area (Å²) in [5.41, 5.74) is 2.15. The average molecular weight is 500 g/mol. The number of guanidine groups is 1. The first-order valence-electron chi connectivity index (χ1n) is 9.82. The smallest absolute Gasteiger partial charge is 0.410 e. The van der Waals surface area contributed by atoms with Crippen molar-refractivity contribution in [2.45, 2.75) is 52.2 Å². The number of nitrogens with zero attached hydrogens (tertiary/aromatic N) is 3. The number of aryl methyl sites for hydroxylation is 1. The molecule has 0 radical (unpaired) electrons. The van der Waals surface area contributed by atoms with Gasteiger partial charge in [-0.2, -0.15) is 0 Å². The lowest BCUT2D eigenvalue weighted by Gasteiger charge is -2.39. The predicted molar refractivity (Wildman–Crippen MR) is 124 cm³/mol. The van der Waals surface area contributed by atoms with E-state index < -0.39 is 5.60 Å². The van der Waals surface area contributed by atoms with E-state index in [0.717, 1.165) is 25.6 Å². The molecule has 1 fully saturated rings. The number of benzene rings is 1. The molecule has 2 aliphatic rings. The largest absolute Gasteiger partial charge is 0.444 e. The number of aliphatic imine (C=N–C) groups is 1. The number of hydrogen-bond acceptors (Lipinski definition) is 5. The summed E-state index contributed by atoms with van der Waals surface area (Å²) in [6.07, 6.45) is -0.225. The maximum Gasteiger partial charge on any atom is 0.410 e. The second-order valence-electron chi connectivity index (χ2n) is 8.63. The number of piperazine rings is 1. The molecule has 2 heterocycles. The van der Waals surface area contributed by atoms with Crippen LogP contribution in [0.1, 0.15) is 44.7 Å². The van der Waals surface area contributed by atoms with Gasteiger partial charge in [0.2, 0.25) is 0 Å². The van der Waals surface area contributed by atoms with Crippen LogP contribution in [0.15, 0.2) is 29.3 Å². The number of halogens is 1. The van der Waals surface area contributed by atoms with Crippen LogP contribution in [0.5, 0.6) is 0 Å². The molecule has 0 aromatic heterocycles. The molecule has 2 aliphatic heterocycles. The van der Waals surface area contributed by atoms with E-state index in [1.54, 1.807) is 4.90 Å². The third kappa shape index (κ3) is 5.75. The van der Waals surface area contributed by atoms with Crippen molar-refractivity contribution < 1.29 is 9.53 Å². The lowest BCUT2D eigenvalue weighted by atomic mass is 10.0. The molecule has 1 saturated heterocycles. The Hall–Kier alpha value is -1.51. The van der Waals surface area contributed by atoms with E-state index in [9.17, 15) is 4.79 Å². The van der Waals surface area contributed by atoms with Gasteiger partial charge in [-0.25, -0.2) is 4.79 Å². The van der Waals surface area contributed by atoms with Crippen LogP contribution in [0.2, 0.25) is 0 Å². The second kappa shape index (κ2) is 9.33. The topological polar surface area (TPSA) is 57.2 Å². The highest BCUT2D eigenvalue weighted by Gasteiger charge is 2.36. The van der Waals surface area contributed by atoms with Crippen LogP contribution < -0.4 is 5.32 Å². The fourth-order valence-corrected chi connectivity index (χ4v) is 3.48. The molecule has 2 atom stereocenters. The van der Waals surface area contributed by atoms with Crippen molar-refractivity contribution >= 4 is 36.0 Å². The van der Waals surface area contributed by atoms with Gasteiger partial charge in [-0.3, -0.25) is 4.99 Å². The van der Waals surface area contributed by atoms with Crippen molar-refractivity contribution in [2.24, 2.45) is 4.99 Å². The van der Waals surface area contributed by atoms with Gasteiger partial charge in [-0.05, 0) is 39.2 Å². The van der Waals surface area contributed by atoms with Crippen LogP contribution in [0, 0.1) is 6.92 Å². The quantitative estimate of drug-likeness (QED) is 0.645. The van der Waals surface area contributed by atoms with Gasteiger partial charge in [0.25, 0.3) is 0 Å². The summed E-state index contributed by atoms with van der Waals surface area (Å²) in [5.74, 6) is 1.37. The van der Waals surface area contributed by atoms with E-state index >= 15 is 0 Å². The van der Waals surface area contributed by atoms with Crippen LogP contribution in [0.3, 0.4) is 0 Å². The van der Waals surface area contributed by atoms with Gasteiger partial charge >= 0.3 is 6.09 Å². The van der Waals surface area contributed by atoms with E-state index in [-0.39, 0.29) is 36.1 Å². The molecule has 6 nitrogen and oxygen atoms in total. The van der Waals surface area contributed by atoms with Crippen LogP contribution in [0.25, 0.3) is 0 Å². The Labute approximate surface area is 185 Å². The van der Waals surface area contributed by atoms with Gasteiger partial charge in [0.15, 0.2) is 5.96 Å². The Kier molecular flexibility index (Phi) is 7.59. The van der Waals surface area contributed by atoms with Crippen LogP contribution in [-0.4, -0.2) is 66.2 Å². The first-order chi connectivity index (χ1) is 12.7. The van der Waals surface area contributed by atoms with Gasteiger partial charge in [0, 0.05) is 26.2 Å². The minimum atomic E-state index is -0.459. The standard InChI is InChI=1S/C21H32N4O2.HI/c1-15-6-8-17(9-7-15)16(2)12-22-19-23-13-18-14-24(10-11-25(18)19)20(26)27-21(3,4)5;/h6-9,16,18H,10-14H2,1-5H3,(H,22,23);1H. The summed E-state index contributed by atoms with van der Waals surface area (Å²) in [6, 6.07) is 8.94. The Morgan fingerprint density at radius 3 is 2.61 bits per heavy atom. The van der Waals surface area contributed by atoms with Crippen LogP contribution >= 0.6 is 24.0 Å². The molecule has 0 aliphatic carbocycles. The molecular formula is C21H33IN4O2. The highest BCUT2D eigenvalue weighted by atomic mass is 127. The molecule has 1 N–H and O–H groups in total. The third-order valence-electron chi connectivity index (χ3n) is 5.07. The third-order valence-corrected chi connectivity index (χ3v) is 5.07. The Bertz CT molecular complexity index is 699. The fourth-order valence-electron chi connectivity index (χ4n) is 3.48. The number of rotatable bonds is 3. The molecule has 2 unspecified atom stereocenters. The maximum atomic E-state index is 12.3. The summed E-state index contributed by atoms with van der Waals surface area (Å²) >= 11 is 0. The monoisotopic (exact) mass is 500 g/mol. The summed E-state index contributed by atoms with van der Waals surface area (Å²) in [6.45, 7) is 13.7. The SMILES string of the molecule is Cc1ccc(C(C)CNC2=NCC3CN(C(=O)OC(C)(C)C)CCN23)cc1.I. The first kappa shape index (κ1) is 22.8. The van der Waals surface area contributed by atoms with E-state index in [2.05, 4.69) is 53.3 Å². The highest BCUT2D eigenvalue weighted by Crippen LogP contribution is 2.20. The molecule has 0 spiro atoms. The molecule has 1 amide bonds. The number of hydrogen-bond donors (Lipinski definition) is 1. The molecule has 3 rings (SSSR count). The highest BCUT2D eigenvalue weighted by molar-refractivity contribution is 14.0. The van der Waals surface area contributed by atoms with Crippen molar-refractivity contribution in [3.05, 3.63) is 35.4 Å². The summed E-state index contributed by atoms with van der Waals surface area (Å²) in [5, 5.41) is 3.52. The maximum absolute atomic E-state index is 12.3. The van der Waals surface area contributed by atoms with Gasteiger partial charge in [0.05, 0.1) is 12.6 Å². The number of amides is 1.